The van der Waals surface area contributed by atoms with Gasteiger partial charge in [0, 0.05) is 5.54 Å². The molecular formula is C12H29N. The summed E-state index contributed by atoms with van der Waals surface area (Å²) in [5, 5.41) is 0. The number of hydrogen-bond acceptors (Lipinski definition) is 1. The molecular weight excluding hydrogens is 158 g/mol. The Morgan fingerprint density at radius 3 is 1.62 bits per heavy atom. The third-order valence-corrected chi connectivity index (χ3v) is 2.45. The van der Waals surface area contributed by atoms with Gasteiger partial charge >= 0.3 is 0 Å². The molecule has 0 rings (SSSR count). The molecule has 1 unspecified atom stereocenters. The summed E-state index contributed by atoms with van der Waals surface area (Å²) in [6.45, 7) is 13.1. The summed E-state index contributed by atoms with van der Waals surface area (Å²) in [5.74, 6) is 0.884. The van der Waals surface area contributed by atoms with E-state index < -0.39 is 0 Å². The maximum Gasteiger partial charge on any atom is 0.0123 e. The van der Waals surface area contributed by atoms with Crippen molar-refractivity contribution in [3.63, 3.8) is 0 Å². The van der Waals surface area contributed by atoms with Crippen molar-refractivity contribution in [1.29, 1.82) is 0 Å². The van der Waals surface area contributed by atoms with Crippen LogP contribution in [0.5, 0.6) is 0 Å². The molecule has 0 aromatic heterocycles. The summed E-state index contributed by atoms with van der Waals surface area (Å²) >= 11 is 0. The maximum atomic E-state index is 5.83. The molecule has 0 aliphatic carbocycles. The smallest absolute Gasteiger partial charge is 0.0123 e. The summed E-state index contributed by atoms with van der Waals surface area (Å²) in [7, 11) is 0. The highest BCUT2D eigenvalue weighted by Crippen LogP contribution is 2.11. The predicted molar refractivity (Wildman–Crippen MR) is 62.9 cm³/mol. The molecule has 1 heteroatoms. The fourth-order valence-electron chi connectivity index (χ4n) is 0.748. The highest BCUT2D eigenvalue weighted by molar-refractivity contribution is 4.74. The van der Waals surface area contributed by atoms with E-state index in [0.717, 1.165) is 18.8 Å². The van der Waals surface area contributed by atoms with Gasteiger partial charge in [-0.2, -0.15) is 0 Å². The van der Waals surface area contributed by atoms with Gasteiger partial charge in [-0.25, -0.2) is 0 Å². The van der Waals surface area contributed by atoms with Crippen LogP contribution in [0.3, 0.4) is 0 Å². The topological polar surface area (TPSA) is 26.0 Å². The summed E-state index contributed by atoms with van der Waals surface area (Å²) in [6.07, 6.45) is 4.73. The highest BCUT2D eigenvalue weighted by atomic mass is 14.7. The van der Waals surface area contributed by atoms with Crippen molar-refractivity contribution in [2.24, 2.45) is 11.7 Å². The van der Waals surface area contributed by atoms with E-state index in [4.69, 9.17) is 5.73 Å². The number of nitrogens with two attached hydrogens (primary N) is 1. The van der Waals surface area contributed by atoms with Crippen molar-refractivity contribution in [2.45, 2.75) is 72.8 Å². The third-order valence-electron chi connectivity index (χ3n) is 2.45. The van der Waals surface area contributed by atoms with Gasteiger partial charge in [-0.3, -0.25) is 0 Å². The Bertz CT molecular complexity index is 95.3. The molecule has 13 heavy (non-hydrogen) atoms. The second-order valence-corrected chi connectivity index (χ2v) is 4.56. The van der Waals surface area contributed by atoms with Gasteiger partial charge in [-0.1, -0.05) is 47.5 Å². The summed E-state index contributed by atoms with van der Waals surface area (Å²) in [5.41, 5.74) is 5.92. The molecule has 0 aliphatic heterocycles. The van der Waals surface area contributed by atoms with Crippen LogP contribution in [-0.2, 0) is 0 Å². The van der Waals surface area contributed by atoms with Crippen molar-refractivity contribution < 1.29 is 0 Å². The van der Waals surface area contributed by atoms with Gasteiger partial charge in [0.2, 0.25) is 0 Å². The second-order valence-electron chi connectivity index (χ2n) is 4.56. The molecule has 0 bridgehead atoms. The quantitative estimate of drug-likeness (QED) is 0.708. The molecule has 1 nitrogen and oxygen atoms in total. The van der Waals surface area contributed by atoms with E-state index in [-0.39, 0.29) is 5.54 Å². The molecule has 1 atom stereocenters. The van der Waals surface area contributed by atoms with E-state index in [1.807, 2.05) is 0 Å². The summed E-state index contributed by atoms with van der Waals surface area (Å²) in [4.78, 5) is 0. The first-order valence-corrected chi connectivity index (χ1v) is 5.68. The first kappa shape index (κ1) is 15.4. The molecule has 2 N–H and O–H groups in total. The van der Waals surface area contributed by atoms with E-state index in [2.05, 4.69) is 41.5 Å². The van der Waals surface area contributed by atoms with Crippen molar-refractivity contribution in [3.8, 4) is 0 Å². The van der Waals surface area contributed by atoms with Gasteiger partial charge in [-0.15, -0.1) is 0 Å². The molecule has 0 spiro atoms. The molecule has 0 saturated carbocycles. The Labute approximate surface area is 85.1 Å². The van der Waals surface area contributed by atoms with Crippen LogP contribution in [0.2, 0.25) is 0 Å². The van der Waals surface area contributed by atoms with Gasteiger partial charge in [-0.05, 0) is 25.7 Å². The normalized spacial score (nSPS) is 14.8. The van der Waals surface area contributed by atoms with Crippen molar-refractivity contribution in [2.75, 3.05) is 0 Å². The van der Waals surface area contributed by atoms with E-state index >= 15 is 0 Å². The zero-order valence-electron chi connectivity index (χ0n) is 10.5. The van der Waals surface area contributed by atoms with Crippen LogP contribution >= 0.6 is 0 Å². The van der Waals surface area contributed by atoms with Gasteiger partial charge < -0.3 is 5.73 Å². The Kier molecular flexibility index (Phi) is 10.2. The zero-order chi connectivity index (χ0) is 10.9. The number of rotatable bonds is 4. The van der Waals surface area contributed by atoms with Crippen LogP contribution in [0.1, 0.15) is 67.2 Å². The average molecular weight is 187 g/mol. The molecule has 0 aromatic rings. The Balaban J connectivity index is 0. The van der Waals surface area contributed by atoms with Gasteiger partial charge in [0.05, 0.1) is 0 Å². The van der Waals surface area contributed by atoms with E-state index in [1.54, 1.807) is 0 Å². The third kappa shape index (κ3) is 14.8. The fraction of sp³-hybridized carbons (Fsp3) is 1.00. The monoisotopic (exact) mass is 187 g/mol. The fourth-order valence-corrected chi connectivity index (χ4v) is 0.748. The van der Waals surface area contributed by atoms with Crippen LogP contribution in [0.25, 0.3) is 0 Å². The molecule has 0 aromatic carbocycles. The molecule has 82 valence electrons. The summed E-state index contributed by atoms with van der Waals surface area (Å²) < 4.78 is 0. The lowest BCUT2D eigenvalue weighted by Crippen LogP contribution is -2.34. The molecule has 0 fully saturated rings. The van der Waals surface area contributed by atoms with Crippen molar-refractivity contribution in [1.82, 2.24) is 0 Å². The van der Waals surface area contributed by atoms with Crippen LogP contribution < -0.4 is 5.73 Å². The molecule has 0 radical (unpaired) electrons. The average Bonchev–Trinajstić information content (AvgIpc) is 2.05. The lowest BCUT2D eigenvalue weighted by atomic mass is 9.95. The summed E-state index contributed by atoms with van der Waals surface area (Å²) in [6, 6.07) is 0. The van der Waals surface area contributed by atoms with Crippen molar-refractivity contribution >= 4 is 0 Å². The predicted octanol–water partition coefficient (Wildman–Crippen LogP) is 3.97. The minimum absolute atomic E-state index is 0.0920. The van der Waals surface area contributed by atoms with Crippen LogP contribution in [-0.4, -0.2) is 5.54 Å². The molecule has 0 aliphatic rings. The van der Waals surface area contributed by atoms with Gasteiger partial charge in [0.25, 0.3) is 0 Å². The highest BCUT2D eigenvalue weighted by Gasteiger charge is 2.12. The van der Waals surface area contributed by atoms with Crippen LogP contribution in [0.4, 0.5) is 0 Å². The Morgan fingerprint density at radius 2 is 1.54 bits per heavy atom. The molecule has 0 saturated heterocycles. The van der Waals surface area contributed by atoms with E-state index in [0.29, 0.717) is 0 Å². The van der Waals surface area contributed by atoms with Gasteiger partial charge in [0.15, 0.2) is 0 Å². The van der Waals surface area contributed by atoms with Crippen molar-refractivity contribution in [3.05, 3.63) is 0 Å². The van der Waals surface area contributed by atoms with E-state index in [1.165, 1.54) is 12.8 Å². The van der Waals surface area contributed by atoms with Crippen LogP contribution in [0.15, 0.2) is 0 Å². The first-order valence-electron chi connectivity index (χ1n) is 5.68. The van der Waals surface area contributed by atoms with Gasteiger partial charge in [0.1, 0.15) is 0 Å². The molecule has 0 amide bonds. The molecule has 0 heterocycles. The lowest BCUT2D eigenvalue weighted by Gasteiger charge is -2.20. The SMILES string of the molecule is CCC(C)C.CCCC(C)(N)CC. The maximum absolute atomic E-state index is 5.83. The second kappa shape index (κ2) is 8.55. The lowest BCUT2D eigenvalue weighted by molar-refractivity contribution is 0.414. The zero-order valence-corrected chi connectivity index (χ0v) is 10.5. The Morgan fingerprint density at radius 1 is 1.15 bits per heavy atom. The van der Waals surface area contributed by atoms with E-state index in [9.17, 15) is 0 Å². The number of hydrogen-bond donors (Lipinski definition) is 1. The standard InChI is InChI=1S/C7H17N.C5H12/c1-4-6-7(3,8)5-2;1-4-5(2)3/h4-6,8H2,1-3H3;5H,4H2,1-3H3. The first-order chi connectivity index (χ1) is 5.89. The largest absolute Gasteiger partial charge is 0.325 e. The minimum Gasteiger partial charge on any atom is -0.325 e. The Hall–Kier alpha value is -0.0400. The van der Waals surface area contributed by atoms with Crippen LogP contribution in [0, 0.1) is 5.92 Å². The minimum atomic E-state index is 0.0920.